The van der Waals surface area contributed by atoms with Gasteiger partial charge in [-0.3, -0.25) is 19.2 Å². The van der Waals surface area contributed by atoms with E-state index < -0.39 is 24.0 Å². The summed E-state index contributed by atoms with van der Waals surface area (Å²) in [6.45, 7) is 5.65. The van der Waals surface area contributed by atoms with E-state index in [-0.39, 0.29) is 35.3 Å². The molecular weight excluding hydrogens is 542 g/mol. The Labute approximate surface area is 245 Å². The van der Waals surface area contributed by atoms with Crippen molar-refractivity contribution >= 4 is 35.0 Å². The van der Waals surface area contributed by atoms with Crippen molar-refractivity contribution in [2.45, 2.75) is 76.9 Å². The molecule has 0 unspecified atom stereocenters. The summed E-state index contributed by atoms with van der Waals surface area (Å²) in [6.07, 6.45) is 4.08. The molecule has 2 bridgehead atoms. The lowest BCUT2D eigenvalue weighted by molar-refractivity contribution is -0.130. The molecule has 2 aromatic rings. The van der Waals surface area contributed by atoms with Gasteiger partial charge >= 0.3 is 0 Å². The maximum absolute atomic E-state index is 13.5. The van der Waals surface area contributed by atoms with Crippen LogP contribution in [0.2, 0.25) is 0 Å². The SMILES string of the molecule is CC(C)[C@H]1NC(=O)[C@@H](NC(=O)CC2CCOCC2)CCCCNC(=O)[C@@H](Cc2ccccc2)NC(=O)c2csc1n2. The zero-order valence-corrected chi connectivity index (χ0v) is 24.6. The van der Waals surface area contributed by atoms with Crippen LogP contribution in [0.3, 0.4) is 0 Å². The number of rotatable bonds is 6. The second kappa shape index (κ2) is 15.1. The summed E-state index contributed by atoms with van der Waals surface area (Å²) in [4.78, 5) is 57.3. The molecule has 0 spiro atoms. The van der Waals surface area contributed by atoms with Crippen LogP contribution in [0.25, 0.3) is 0 Å². The molecule has 1 aromatic heterocycles. The summed E-state index contributed by atoms with van der Waals surface area (Å²) in [5.74, 6) is -0.885. The van der Waals surface area contributed by atoms with Crippen LogP contribution in [-0.2, 0) is 25.5 Å². The van der Waals surface area contributed by atoms with Gasteiger partial charge in [-0.1, -0.05) is 44.2 Å². The summed E-state index contributed by atoms with van der Waals surface area (Å²) in [5.41, 5.74) is 1.13. The maximum Gasteiger partial charge on any atom is 0.271 e. The van der Waals surface area contributed by atoms with Gasteiger partial charge in [0.25, 0.3) is 5.91 Å². The maximum atomic E-state index is 13.5. The van der Waals surface area contributed by atoms with E-state index in [1.54, 1.807) is 5.38 Å². The average Bonchev–Trinajstić information content (AvgIpc) is 3.45. The number of thiazole rings is 1. The Kier molecular flexibility index (Phi) is 11.3. The first-order chi connectivity index (χ1) is 19.8. The van der Waals surface area contributed by atoms with E-state index in [1.165, 1.54) is 11.3 Å². The fourth-order valence-corrected chi connectivity index (χ4v) is 6.16. The van der Waals surface area contributed by atoms with Crippen LogP contribution >= 0.6 is 11.3 Å². The van der Waals surface area contributed by atoms with E-state index in [2.05, 4.69) is 26.3 Å². The van der Waals surface area contributed by atoms with Gasteiger partial charge in [0.05, 0.1) is 6.04 Å². The van der Waals surface area contributed by atoms with Crippen molar-refractivity contribution in [2.75, 3.05) is 19.8 Å². The number of benzene rings is 1. The molecule has 10 nitrogen and oxygen atoms in total. The van der Waals surface area contributed by atoms with Gasteiger partial charge in [-0.25, -0.2) is 4.98 Å². The monoisotopic (exact) mass is 583 g/mol. The molecule has 4 rings (SSSR count). The topological polar surface area (TPSA) is 139 Å². The Bertz CT molecular complexity index is 1180. The third-order valence-corrected chi connectivity index (χ3v) is 8.50. The van der Waals surface area contributed by atoms with Gasteiger partial charge in [0, 0.05) is 38.0 Å². The molecule has 0 saturated carbocycles. The molecule has 1 saturated heterocycles. The molecule has 222 valence electrons. The summed E-state index contributed by atoms with van der Waals surface area (Å²) >= 11 is 1.29. The predicted molar refractivity (Wildman–Crippen MR) is 156 cm³/mol. The lowest BCUT2D eigenvalue weighted by atomic mass is 9.96. The highest BCUT2D eigenvalue weighted by Crippen LogP contribution is 2.26. The van der Waals surface area contributed by atoms with Crippen LogP contribution in [0.5, 0.6) is 0 Å². The van der Waals surface area contributed by atoms with E-state index in [0.717, 1.165) is 18.4 Å². The van der Waals surface area contributed by atoms with Crippen LogP contribution in [0.4, 0.5) is 0 Å². The Balaban J connectivity index is 1.52. The molecular formula is C30H41N5O5S. The number of carbonyl (C=O) groups is 4. The van der Waals surface area contributed by atoms with Crippen molar-refractivity contribution in [3.05, 3.63) is 52.0 Å². The molecule has 0 aliphatic carbocycles. The molecule has 2 aliphatic heterocycles. The molecule has 1 aromatic carbocycles. The van der Waals surface area contributed by atoms with E-state index in [9.17, 15) is 19.2 Å². The lowest BCUT2D eigenvalue weighted by Gasteiger charge is -2.26. The first-order valence-corrected chi connectivity index (χ1v) is 15.4. The van der Waals surface area contributed by atoms with E-state index in [0.29, 0.717) is 56.9 Å². The number of carbonyl (C=O) groups excluding carboxylic acids is 4. The van der Waals surface area contributed by atoms with Crippen LogP contribution in [-0.4, -0.2) is 60.5 Å². The zero-order valence-electron chi connectivity index (χ0n) is 23.8. The Morgan fingerprint density at radius 1 is 1.05 bits per heavy atom. The van der Waals surface area contributed by atoms with Crippen LogP contribution < -0.4 is 21.3 Å². The molecule has 3 heterocycles. The molecule has 3 atom stereocenters. The van der Waals surface area contributed by atoms with Crippen LogP contribution in [0.1, 0.15) is 79.5 Å². The Morgan fingerprint density at radius 2 is 1.80 bits per heavy atom. The van der Waals surface area contributed by atoms with E-state index in [1.807, 2.05) is 44.2 Å². The van der Waals surface area contributed by atoms with Crippen molar-refractivity contribution in [1.82, 2.24) is 26.3 Å². The number of hydrogen-bond acceptors (Lipinski definition) is 7. The first kappa shape index (κ1) is 30.6. The number of hydrogen-bond donors (Lipinski definition) is 4. The molecule has 0 radical (unpaired) electrons. The lowest BCUT2D eigenvalue weighted by Crippen LogP contribution is -2.49. The number of amides is 4. The highest BCUT2D eigenvalue weighted by atomic mass is 32.1. The first-order valence-electron chi connectivity index (χ1n) is 14.6. The fourth-order valence-electron chi connectivity index (χ4n) is 5.14. The predicted octanol–water partition coefficient (Wildman–Crippen LogP) is 2.90. The van der Waals surface area contributed by atoms with Gasteiger partial charge in [0.15, 0.2) is 0 Å². The van der Waals surface area contributed by atoms with Crippen molar-refractivity contribution in [3.63, 3.8) is 0 Å². The van der Waals surface area contributed by atoms with Gasteiger partial charge in [-0.2, -0.15) is 0 Å². The van der Waals surface area contributed by atoms with Gasteiger partial charge in [-0.05, 0) is 49.5 Å². The highest BCUT2D eigenvalue weighted by Gasteiger charge is 2.30. The Morgan fingerprint density at radius 3 is 2.54 bits per heavy atom. The van der Waals surface area contributed by atoms with Crippen LogP contribution in [0, 0.1) is 11.8 Å². The van der Waals surface area contributed by atoms with Crippen molar-refractivity contribution in [3.8, 4) is 0 Å². The Hall–Kier alpha value is -3.31. The molecule has 41 heavy (non-hydrogen) atoms. The standard InChI is InChI=1S/C30H41N5O5S/c1-19(2)26-30-34-24(18-41-30)29(39)33-23(16-20-8-4-3-5-9-20)27(37)31-13-7-6-10-22(28(38)35-26)32-25(36)17-21-11-14-40-15-12-21/h3-5,8-9,18-19,21-23,26H,6-7,10-17H2,1-2H3,(H,31,37)(H,32,36)(H,33,39)(H,35,38)/t22-,23+,26+/m0/s1. The van der Waals surface area contributed by atoms with Crippen molar-refractivity contribution in [2.24, 2.45) is 11.8 Å². The third-order valence-electron chi connectivity index (χ3n) is 7.57. The van der Waals surface area contributed by atoms with Gasteiger partial charge in [0.1, 0.15) is 22.8 Å². The molecule has 4 amide bonds. The normalized spacial score (nSPS) is 23.4. The minimum atomic E-state index is -0.763. The number of fused-ring (bicyclic) bond motifs is 2. The smallest absolute Gasteiger partial charge is 0.271 e. The summed E-state index contributed by atoms with van der Waals surface area (Å²) < 4.78 is 5.40. The number of aromatic nitrogens is 1. The van der Waals surface area contributed by atoms with Gasteiger partial charge in [-0.15, -0.1) is 11.3 Å². The third kappa shape index (κ3) is 9.09. The fraction of sp³-hybridized carbons (Fsp3) is 0.567. The summed E-state index contributed by atoms with van der Waals surface area (Å²) in [6, 6.07) is 7.65. The second-order valence-electron chi connectivity index (χ2n) is 11.2. The van der Waals surface area contributed by atoms with Crippen molar-refractivity contribution in [1.29, 1.82) is 0 Å². The van der Waals surface area contributed by atoms with Gasteiger partial charge in [0.2, 0.25) is 17.7 Å². The molecule has 2 aliphatic rings. The number of nitrogens with zero attached hydrogens (tertiary/aromatic N) is 1. The minimum Gasteiger partial charge on any atom is -0.381 e. The van der Waals surface area contributed by atoms with Crippen molar-refractivity contribution < 1.29 is 23.9 Å². The zero-order chi connectivity index (χ0) is 29.2. The molecule has 1 fully saturated rings. The quantitative estimate of drug-likeness (QED) is 0.413. The molecule has 11 heteroatoms. The van der Waals surface area contributed by atoms with E-state index >= 15 is 0 Å². The molecule has 4 N–H and O–H groups in total. The second-order valence-corrected chi connectivity index (χ2v) is 12.1. The summed E-state index contributed by atoms with van der Waals surface area (Å²) in [7, 11) is 0. The van der Waals surface area contributed by atoms with E-state index in [4.69, 9.17) is 4.74 Å². The van der Waals surface area contributed by atoms with Crippen LogP contribution in [0.15, 0.2) is 35.7 Å². The minimum absolute atomic E-state index is 0.00454. The summed E-state index contributed by atoms with van der Waals surface area (Å²) in [5, 5.41) is 14.1. The average molecular weight is 584 g/mol. The number of ether oxygens (including phenoxy) is 1. The highest BCUT2D eigenvalue weighted by molar-refractivity contribution is 7.09. The largest absolute Gasteiger partial charge is 0.381 e. The van der Waals surface area contributed by atoms with Gasteiger partial charge < -0.3 is 26.0 Å². The number of nitrogens with one attached hydrogen (secondary N) is 4.